The van der Waals surface area contributed by atoms with Gasteiger partial charge in [0.1, 0.15) is 5.82 Å². The van der Waals surface area contributed by atoms with Crippen LogP contribution in [0.15, 0.2) is 48.5 Å². The summed E-state index contributed by atoms with van der Waals surface area (Å²) in [6.45, 7) is 5.32. The van der Waals surface area contributed by atoms with Crippen molar-refractivity contribution in [3.05, 3.63) is 64.9 Å². The van der Waals surface area contributed by atoms with Crippen molar-refractivity contribution in [1.29, 1.82) is 0 Å². The first-order chi connectivity index (χ1) is 13.0. The number of ether oxygens (including phenoxy) is 1. The lowest BCUT2D eigenvalue weighted by Gasteiger charge is -2.38. The number of hydrogen-bond acceptors (Lipinski definition) is 3. The first-order valence-corrected chi connectivity index (χ1v) is 9.72. The van der Waals surface area contributed by atoms with Gasteiger partial charge in [-0.3, -0.25) is 4.90 Å². The molecule has 1 fully saturated rings. The molecule has 0 spiro atoms. The van der Waals surface area contributed by atoms with Crippen LogP contribution in [-0.4, -0.2) is 42.4 Å². The summed E-state index contributed by atoms with van der Waals surface area (Å²) in [5, 5.41) is 6.97. The summed E-state index contributed by atoms with van der Waals surface area (Å²) < 4.78 is 18.8. The molecule has 2 aromatic rings. The van der Waals surface area contributed by atoms with Gasteiger partial charge in [-0.2, -0.15) is 0 Å². The highest BCUT2D eigenvalue weighted by Gasteiger charge is 2.28. The molecule has 0 radical (unpaired) electrons. The number of morpholine rings is 1. The number of thiocarbonyl (C=S) groups is 1. The van der Waals surface area contributed by atoms with Gasteiger partial charge in [0.2, 0.25) is 0 Å². The Hall–Kier alpha value is -1.73. The third kappa shape index (κ3) is 5.39. The summed E-state index contributed by atoms with van der Waals surface area (Å²) in [5.74, 6) is -0.453. The monoisotopic (exact) mass is 407 g/mol. The van der Waals surface area contributed by atoms with E-state index in [1.165, 1.54) is 17.7 Å². The minimum atomic E-state index is -0.453. The molecule has 1 aliphatic heterocycles. The highest BCUT2D eigenvalue weighted by molar-refractivity contribution is 7.80. The van der Waals surface area contributed by atoms with E-state index >= 15 is 0 Å². The van der Waals surface area contributed by atoms with Crippen LogP contribution in [0.3, 0.4) is 0 Å². The van der Waals surface area contributed by atoms with Crippen molar-refractivity contribution in [1.82, 2.24) is 10.2 Å². The van der Waals surface area contributed by atoms with Crippen molar-refractivity contribution in [2.24, 2.45) is 0 Å². The third-order valence-electron chi connectivity index (χ3n) is 4.59. The number of anilines is 1. The molecule has 1 aliphatic rings. The molecule has 4 nitrogen and oxygen atoms in total. The molecule has 2 N–H and O–H groups in total. The minimum Gasteiger partial charge on any atom is -0.379 e. The van der Waals surface area contributed by atoms with Gasteiger partial charge in [0.25, 0.3) is 0 Å². The number of nitrogens with zero attached hydrogens (tertiary/aromatic N) is 1. The molecule has 2 aromatic carbocycles. The van der Waals surface area contributed by atoms with Crippen molar-refractivity contribution < 1.29 is 9.13 Å². The van der Waals surface area contributed by atoms with E-state index in [2.05, 4.69) is 34.6 Å². The zero-order valence-corrected chi connectivity index (χ0v) is 16.7. The van der Waals surface area contributed by atoms with E-state index in [9.17, 15) is 4.39 Å². The smallest absolute Gasteiger partial charge is 0.171 e. The van der Waals surface area contributed by atoms with Gasteiger partial charge in [0.15, 0.2) is 5.11 Å². The van der Waals surface area contributed by atoms with E-state index in [1.807, 2.05) is 18.2 Å². The number of rotatable bonds is 5. The van der Waals surface area contributed by atoms with Crippen molar-refractivity contribution in [2.45, 2.75) is 19.0 Å². The normalized spacial score (nSPS) is 17.1. The van der Waals surface area contributed by atoms with Crippen molar-refractivity contribution in [3.8, 4) is 0 Å². The molecule has 7 heteroatoms. The maximum absolute atomic E-state index is 13.3. The Labute approximate surface area is 169 Å². The zero-order chi connectivity index (χ0) is 19.2. The first kappa shape index (κ1) is 20.0. The SMILES string of the molecule is C[C@@H](NC(=S)Nc1ccc(F)c(Cl)c1)[C@@H](c1ccccc1)N1CCOCC1. The summed E-state index contributed by atoms with van der Waals surface area (Å²) >= 11 is 11.3. The molecule has 144 valence electrons. The average molecular weight is 408 g/mol. The highest BCUT2D eigenvalue weighted by Crippen LogP contribution is 2.26. The fourth-order valence-electron chi connectivity index (χ4n) is 3.35. The van der Waals surface area contributed by atoms with Crippen LogP contribution in [0.1, 0.15) is 18.5 Å². The number of nitrogens with one attached hydrogen (secondary N) is 2. The van der Waals surface area contributed by atoms with Gasteiger partial charge in [-0.1, -0.05) is 41.9 Å². The number of halogens is 2. The Kier molecular flexibility index (Phi) is 7.01. The number of benzene rings is 2. The van der Waals surface area contributed by atoms with Gasteiger partial charge in [0, 0.05) is 24.8 Å². The fourth-order valence-corrected chi connectivity index (χ4v) is 3.83. The second kappa shape index (κ2) is 9.46. The number of hydrogen-bond donors (Lipinski definition) is 2. The van der Waals surface area contributed by atoms with Gasteiger partial charge >= 0.3 is 0 Å². The topological polar surface area (TPSA) is 36.5 Å². The second-order valence-corrected chi connectivity index (χ2v) is 7.34. The summed E-state index contributed by atoms with van der Waals surface area (Å²) in [4.78, 5) is 2.41. The predicted molar refractivity (Wildman–Crippen MR) is 112 cm³/mol. The Bertz CT molecular complexity index is 771. The van der Waals surface area contributed by atoms with Crippen LogP contribution in [0.2, 0.25) is 5.02 Å². The van der Waals surface area contributed by atoms with Gasteiger partial charge in [-0.25, -0.2) is 4.39 Å². The fraction of sp³-hybridized carbons (Fsp3) is 0.350. The van der Waals surface area contributed by atoms with E-state index in [0.717, 1.165) is 26.3 Å². The van der Waals surface area contributed by atoms with Gasteiger partial charge in [-0.05, 0) is 42.9 Å². The summed E-state index contributed by atoms with van der Waals surface area (Å²) in [5.41, 5.74) is 1.88. The first-order valence-electron chi connectivity index (χ1n) is 8.94. The molecule has 0 saturated carbocycles. The zero-order valence-electron chi connectivity index (χ0n) is 15.1. The molecule has 0 amide bonds. The Morgan fingerprint density at radius 1 is 1.19 bits per heavy atom. The van der Waals surface area contributed by atoms with Crippen LogP contribution in [0, 0.1) is 5.82 Å². The quantitative estimate of drug-likeness (QED) is 0.725. The predicted octanol–water partition coefficient (Wildman–Crippen LogP) is 4.23. The van der Waals surface area contributed by atoms with Crippen LogP contribution in [0.25, 0.3) is 0 Å². The summed E-state index contributed by atoms with van der Waals surface area (Å²) in [6.07, 6.45) is 0. The maximum Gasteiger partial charge on any atom is 0.171 e. The molecule has 2 atom stereocenters. The van der Waals surface area contributed by atoms with Crippen LogP contribution in [0.5, 0.6) is 0 Å². The molecule has 0 aliphatic carbocycles. The Morgan fingerprint density at radius 3 is 2.56 bits per heavy atom. The molecule has 3 rings (SSSR count). The summed E-state index contributed by atoms with van der Waals surface area (Å²) in [7, 11) is 0. The Balaban J connectivity index is 1.70. The van der Waals surface area contributed by atoms with Gasteiger partial charge in [0.05, 0.1) is 24.3 Å². The lowest BCUT2D eigenvalue weighted by Crippen LogP contribution is -2.49. The van der Waals surface area contributed by atoms with Crippen molar-refractivity contribution >= 4 is 34.6 Å². The summed E-state index contributed by atoms with van der Waals surface area (Å²) in [6, 6.07) is 15.0. The maximum atomic E-state index is 13.3. The van der Waals surface area contributed by atoms with E-state index in [-0.39, 0.29) is 17.1 Å². The highest BCUT2D eigenvalue weighted by atomic mass is 35.5. The Morgan fingerprint density at radius 2 is 1.89 bits per heavy atom. The van der Waals surface area contributed by atoms with Crippen LogP contribution in [-0.2, 0) is 4.74 Å². The lowest BCUT2D eigenvalue weighted by atomic mass is 9.98. The molecule has 0 bridgehead atoms. The van der Waals surface area contributed by atoms with Crippen LogP contribution in [0.4, 0.5) is 10.1 Å². The molecule has 1 heterocycles. The largest absolute Gasteiger partial charge is 0.379 e. The molecule has 0 unspecified atom stereocenters. The van der Waals surface area contributed by atoms with E-state index in [1.54, 1.807) is 6.07 Å². The van der Waals surface area contributed by atoms with Gasteiger partial charge < -0.3 is 15.4 Å². The minimum absolute atomic E-state index is 0.0569. The third-order valence-corrected chi connectivity index (χ3v) is 5.10. The molecule has 1 saturated heterocycles. The second-order valence-electron chi connectivity index (χ2n) is 6.52. The van der Waals surface area contributed by atoms with Crippen molar-refractivity contribution in [3.63, 3.8) is 0 Å². The van der Waals surface area contributed by atoms with E-state index < -0.39 is 5.82 Å². The van der Waals surface area contributed by atoms with Crippen LogP contribution < -0.4 is 10.6 Å². The molecule has 27 heavy (non-hydrogen) atoms. The standard InChI is InChI=1S/C20H23ClFN3OS/c1-14(23-20(27)24-16-7-8-18(22)17(21)13-16)19(15-5-3-2-4-6-15)25-9-11-26-12-10-25/h2-8,13-14,19H,9-12H2,1H3,(H2,23,24,27)/t14-,19+/m1/s1. The molecular weight excluding hydrogens is 385 g/mol. The average Bonchev–Trinajstić information content (AvgIpc) is 2.66. The van der Waals surface area contributed by atoms with E-state index in [4.69, 9.17) is 28.6 Å². The van der Waals surface area contributed by atoms with E-state index in [0.29, 0.717) is 10.8 Å². The molecular formula is C20H23ClFN3OS. The van der Waals surface area contributed by atoms with Crippen molar-refractivity contribution in [2.75, 3.05) is 31.6 Å². The lowest BCUT2D eigenvalue weighted by molar-refractivity contribution is 0.0102. The molecule has 0 aromatic heterocycles. The van der Waals surface area contributed by atoms with Crippen LogP contribution >= 0.6 is 23.8 Å². The van der Waals surface area contributed by atoms with Gasteiger partial charge in [-0.15, -0.1) is 0 Å².